The quantitative estimate of drug-likeness (QED) is 0.380. The molecule has 0 unspecified atom stereocenters. The van der Waals surface area contributed by atoms with E-state index in [0.29, 0.717) is 12.3 Å². The fourth-order valence-electron chi connectivity index (χ4n) is 4.53. The maximum Gasteiger partial charge on any atom is 0.0774 e. The Hall–Kier alpha value is -2.61. The molecule has 0 saturated carbocycles. The summed E-state index contributed by atoms with van der Waals surface area (Å²) in [6.45, 7) is 14.5. The molecule has 0 N–H and O–H groups in total. The van der Waals surface area contributed by atoms with E-state index in [4.69, 9.17) is 16.9 Å². The lowest BCUT2D eigenvalue weighted by molar-refractivity contribution is 0.237. The summed E-state index contributed by atoms with van der Waals surface area (Å²) in [7, 11) is 0. The van der Waals surface area contributed by atoms with Gasteiger partial charge in [0, 0.05) is 32.4 Å². The van der Waals surface area contributed by atoms with Gasteiger partial charge in [0.1, 0.15) is 0 Å². The second-order valence-corrected chi connectivity index (χ2v) is 9.87. The lowest BCUT2D eigenvalue weighted by atomic mass is 9.99. The Balaban J connectivity index is 1.70. The number of anilines is 1. The number of allylic oxidation sites excluding steroid dienone is 1. The summed E-state index contributed by atoms with van der Waals surface area (Å²) in [4.78, 5) is 9.37. The Kier molecular flexibility index (Phi) is 9.74. The number of hydrogen-bond acceptors (Lipinski definition) is 4. The maximum atomic E-state index is 8.83. The summed E-state index contributed by atoms with van der Waals surface area (Å²) >= 11 is 6.82. The van der Waals surface area contributed by atoms with Crippen LogP contribution in [0.4, 0.5) is 5.69 Å². The van der Waals surface area contributed by atoms with Crippen molar-refractivity contribution in [3.63, 3.8) is 0 Å². The third-order valence-electron chi connectivity index (χ3n) is 6.61. The predicted molar refractivity (Wildman–Crippen MR) is 143 cm³/mol. The molecule has 2 aromatic rings. The van der Waals surface area contributed by atoms with Crippen LogP contribution in [0.5, 0.6) is 0 Å². The van der Waals surface area contributed by atoms with Crippen molar-refractivity contribution in [3.8, 4) is 6.07 Å². The molecule has 34 heavy (non-hydrogen) atoms. The van der Waals surface area contributed by atoms with Gasteiger partial charge >= 0.3 is 0 Å². The van der Waals surface area contributed by atoms with Gasteiger partial charge in [-0.3, -0.25) is 9.88 Å². The molecule has 0 aliphatic carbocycles. The zero-order chi connectivity index (χ0) is 24.5. The average molecular weight is 477 g/mol. The lowest BCUT2D eigenvalue weighted by Crippen LogP contribution is -2.54. The van der Waals surface area contributed by atoms with Crippen LogP contribution < -0.4 is 4.90 Å². The molecule has 1 aromatic carbocycles. The third-order valence-corrected chi connectivity index (χ3v) is 6.92. The van der Waals surface area contributed by atoms with Gasteiger partial charge in [-0.15, -0.1) is 0 Å². The highest BCUT2D eigenvalue weighted by molar-refractivity contribution is 6.33. The number of aromatic nitrogens is 1. The molecular weight excluding hydrogens is 440 g/mol. The first-order valence-corrected chi connectivity index (χ1v) is 12.7. The topological polar surface area (TPSA) is 43.2 Å². The number of halogens is 1. The number of hydrogen-bond donors (Lipinski definition) is 0. The van der Waals surface area contributed by atoms with E-state index in [1.807, 2.05) is 18.3 Å². The van der Waals surface area contributed by atoms with E-state index in [-0.39, 0.29) is 6.04 Å². The molecule has 0 spiro atoms. The summed E-state index contributed by atoms with van der Waals surface area (Å²) in [5, 5.41) is 9.67. The Bertz CT molecular complexity index is 1020. The van der Waals surface area contributed by atoms with E-state index in [1.54, 1.807) is 0 Å². The number of piperazine rings is 1. The fraction of sp³-hybridized carbons (Fsp3) is 0.448. The highest BCUT2D eigenvalue weighted by Gasteiger charge is 2.29. The summed E-state index contributed by atoms with van der Waals surface area (Å²) in [6, 6.07) is 13.0. The number of pyridine rings is 1. The van der Waals surface area contributed by atoms with Crippen LogP contribution in [0.2, 0.25) is 5.02 Å². The van der Waals surface area contributed by atoms with Crippen molar-refractivity contribution in [2.45, 2.75) is 52.5 Å². The summed E-state index contributed by atoms with van der Waals surface area (Å²) in [5.41, 5.74) is 5.68. The Morgan fingerprint density at radius 2 is 2.03 bits per heavy atom. The molecule has 0 amide bonds. The van der Waals surface area contributed by atoms with Crippen molar-refractivity contribution in [3.05, 3.63) is 82.7 Å². The van der Waals surface area contributed by atoms with Gasteiger partial charge < -0.3 is 4.90 Å². The number of nitrogens with zero attached hydrogens (tertiary/aromatic N) is 4. The molecule has 1 aliphatic heterocycles. The van der Waals surface area contributed by atoms with E-state index in [2.05, 4.69) is 78.5 Å². The molecule has 5 heteroatoms. The average Bonchev–Trinajstić information content (AvgIpc) is 2.84. The lowest BCUT2D eigenvalue weighted by Gasteiger charge is -2.44. The minimum absolute atomic E-state index is 0.214. The first-order chi connectivity index (χ1) is 16.4. The van der Waals surface area contributed by atoms with Gasteiger partial charge in [0.2, 0.25) is 0 Å². The molecule has 3 rings (SSSR count). The monoisotopic (exact) mass is 476 g/mol. The van der Waals surface area contributed by atoms with Gasteiger partial charge in [0.25, 0.3) is 0 Å². The fourth-order valence-corrected chi connectivity index (χ4v) is 4.84. The molecule has 180 valence electrons. The van der Waals surface area contributed by atoms with Crippen molar-refractivity contribution in [1.82, 2.24) is 9.88 Å². The Morgan fingerprint density at radius 3 is 2.65 bits per heavy atom. The highest BCUT2D eigenvalue weighted by Crippen LogP contribution is 2.32. The first kappa shape index (κ1) is 26.0. The van der Waals surface area contributed by atoms with Crippen LogP contribution in [-0.2, 0) is 19.3 Å². The smallest absolute Gasteiger partial charge is 0.0774 e. The minimum Gasteiger partial charge on any atom is -0.361 e. The zero-order valence-electron chi connectivity index (χ0n) is 20.8. The van der Waals surface area contributed by atoms with Crippen LogP contribution >= 0.6 is 11.6 Å². The molecule has 1 saturated heterocycles. The molecule has 1 aromatic heterocycles. The molecule has 1 aliphatic rings. The highest BCUT2D eigenvalue weighted by atomic mass is 35.5. The van der Waals surface area contributed by atoms with Crippen molar-refractivity contribution in [1.29, 1.82) is 5.26 Å². The van der Waals surface area contributed by atoms with E-state index in [9.17, 15) is 0 Å². The molecule has 4 nitrogen and oxygen atoms in total. The number of aryl methyl sites for hydroxylation is 1. The molecule has 2 heterocycles. The van der Waals surface area contributed by atoms with Gasteiger partial charge in [-0.05, 0) is 67.0 Å². The minimum atomic E-state index is 0.214. The zero-order valence-corrected chi connectivity index (χ0v) is 21.6. The molecular formula is C29H37ClN4. The maximum absolute atomic E-state index is 8.83. The predicted octanol–water partition coefficient (Wildman–Crippen LogP) is 6.26. The van der Waals surface area contributed by atoms with Crippen molar-refractivity contribution >= 4 is 17.3 Å². The first-order valence-electron chi connectivity index (χ1n) is 12.3. The van der Waals surface area contributed by atoms with E-state index < -0.39 is 0 Å². The van der Waals surface area contributed by atoms with Crippen molar-refractivity contribution < 1.29 is 0 Å². The second kappa shape index (κ2) is 12.7. The van der Waals surface area contributed by atoms with Gasteiger partial charge in [0.05, 0.1) is 34.9 Å². The van der Waals surface area contributed by atoms with Crippen LogP contribution in [0.1, 0.15) is 44.0 Å². The van der Waals surface area contributed by atoms with E-state index in [0.717, 1.165) is 55.4 Å². The molecule has 0 bridgehead atoms. The second-order valence-electron chi connectivity index (χ2n) is 9.46. The van der Waals surface area contributed by atoms with Gasteiger partial charge in [-0.2, -0.15) is 5.26 Å². The molecule has 0 radical (unpaired) electrons. The van der Waals surface area contributed by atoms with Crippen LogP contribution in [0.15, 0.2) is 60.8 Å². The SMILES string of the molecule is C=C/C(=C\C)[C@@H]1CN(CCc2ccc(CC#N)nc2)CCN1c1ccc(CCC(C)C)cc1Cl. The molecule has 1 fully saturated rings. The Morgan fingerprint density at radius 1 is 1.24 bits per heavy atom. The molecule has 1 atom stereocenters. The van der Waals surface area contributed by atoms with Crippen molar-refractivity contribution in [2.75, 3.05) is 31.1 Å². The van der Waals surface area contributed by atoms with Gasteiger partial charge in [-0.1, -0.05) is 56.3 Å². The van der Waals surface area contributed by atoms with Crippen LogP contribution in [0.25, 0.3) is 0 Å². The summed E-state index contributed by atoms with van der Waals surface area (Å²) in [5.74, 6) is 0.687. The van der Waals surface area contributed by atoms with Gasteiger partial charge in [-0.25, -0.2) is 0 Å². The van der Waals surface area contributed by atoms with Crippen LogP contribution in [0, 0.1) is 17.2 Å². The van der Waals surface area contributed by atoms with Gasteiger partial charge in [0.15, 0.2) is 0 Å². The van der Waals surface area contributed by atoms with Crippen LogP contribution in [-0.4, -0.2) is 42.1 Å². The number of benzene rings is 1. The third kappa shape index (κ3) is 6.95. The van der Waals surface area contributed by atoms with E-state index >= 15 is 0 Å². The standard InChI is InChI=1S/C29H37ClN4/c1-5-25(6-2)29-21-33(16-14-24-9-11-26(13-15-31)32-20-24)17-18-34(29)28-12-10-23(19-27(28)30)8-7-22(3)4/h5-6,9-12,19-20,22,29H,1,7-8,13-14,16-18,21H2,2-4H3/b25-6+/t29-/m0/s1. The largest absolute Gasteiger partial charge is 0.361 e. The number of rotatable bonds is 10. The van der Waals surface area contributed by atoms with Crippen LogP contribution in [0.3, 0.4) is 0 Å². The van der Waals surface area contributed by atoms with Crippen molar-refractivity contribution in [2.24, 2.45) is 5.92 Å². The summed E-state index contributed by atoms with van der Waals surface area (Å²) in [6.07, 6.45) is 9.58. The summed E-state index contributed by atoms with van der Waals surface area (Å²) < 4.78 is 0. The normalized spacial score (nSPS) is 17.1. The van der Waals surface area contributed by atoms with E-state index in [1.165, 1.54) is 23.1 Å². The number of nitriles is 1. The Labute approximate surface area is 210 Å².